The summed E-state index contributed by atoms with van der Waals surface area (Å²) in [4.78, 5) is 29.4. The van der Waals surface area contributed by atoms with Crippen LogP contribution < -0.4 is 0 Å². The molecule has 0 aliphatic carbocycles. The molecule has 1 unspecified atom stereocenters. The molecule has 0 spiro atoms. The average Bonchev–Trinajstić information content (AvgIpc) is 3.35. The number of sulfonamides is 1. The topological polar surface area (TPSA) is 96.4 Å². The summed E-state index contributed by atoms with van der Waals surface area (Å²) in [6.07, 6.45) is 6.25. The molecule has 0 aromatic carbocycles. The Hall–Kier alpha value is -2.46. The second-order valence-electron chi connectivity index (χ2n) is 6.68. The summed E-state index contributed by atoms with van der Waals surface area (Å²) in [5.74, 6) is -0.671. The summed E-state index contributed by atoms with van der Waals surface area (Å²) < 4.78 is 31.9. The van der Waals surface area contributed by atoms with Crippen LogP contribution in [0.5, 0.6) is 0 Å². The molecule has 1 fully saturated rings. The smallest absolute Gasteiger partial charge is 0.340 e. The first-order valence-electron chi connectivity index (χ1n) is 8.92. The van der Waals surface area contributed by atoms with Crippen LogP contribution >= 0.6 is 11.3 Å². The number of ether oxygens (including phenoxy) is 1. The van der Waals surface area contributed by atoms with Gasteiger partial charge in [0.15, 0.2) is 6.61 Å². The fraction of sp³-hybridized carbons (Fsp3) is 0.389. The molecule has 3 aliphatic rings. The Morgan fingerprint density at radius 2 is 2.14 bits per heavy atom. The van der Waals surface area contributed by atoms with E-state index in [0.29, 0.717) is 6.54 Å². The van der Waals surface area contributed by atoms with E-state index in [1.165, 1.54) is 18.4 Å². The first kappa shape index (κ1) is 18.9. The van der Waals surface area contributed by atoms with Gasteiger partial charge in [-0.05, 0) is 36.4 Å². The first-order chi connectivity index (χ1) is 13.4. The molecule has 28 heavy (non-hydrogen) atoms. The quantitative estimate of drug-likeness (QED) is 0.683. The highest BCUT2D eigenvalue weighted by Crippen LogP contribution is 2.34. The van der Waals surface area contributed by atoms with Crippen LogP contribution in [0.25, 0.3) is 0 Å². The number of nitrogens with zero attached hydrogens (tertiary/aromatic N) is 3. The van der Waals surface area contributed by atoms with Gasteiger partial charge in [-0.15, -0.1) is 15.7 Å². The molecule has 0 saturated carbocycles. The van der Waals surface area contributed by atoms with Gasteiger partial charge in [0.05, 0.1) is 17.4 Å². The zero-order valence-electron chi connectivity index (χ0n) is 15.0. The van der Waals surface area contributed by atoms with E-state index in [1.807, 2.05) is 17.5 Å². The van der Waals surface area contributed by atoms with Gasteiger partial charge < -0.3 is 14.5 Å². The minimum atomic E-state index is -3.45. The summed E-state index contributed by atoms with van der Waals surface area (Å²) in [5.41, 5.74) is 0.252. The Bertz CT molecular complexity index is 979. The zero-order valence-corrected chi connectivity index (χ0v) is 16.6. The van der Waals surface area contributed by atoms with Crippen molar-refractivity contribution in [1.29, 1.82) is 0 Å². The number of likely N-dealkylation sites (tertiary alicyclic amines) is 1. The van der Waals surface area contributed by atoms with Crippen molar-refractivity contribution in [2.45, 2.75) is 18.9 Å². The molecule has 0 radical (unpaired) electrons. The largest absolute Gasteiger partial charge is 0.452 e. The predicted octanol–water partition coefficient (Wildman–Crippen LogP) is 1.45. The third kappa shape index (κ3) is 3.88. The van der Waals surface area contributed by atoms with Crippen LogP contribution in [0.4, 0.5) is 0 Å². The van der Waals surface area contributed by atoms with E-state index in [1.54, 1.807) is 21.1 Å². The van der Waals surface area contributed by atoms with Crippen molar-refractivity contribution in [1.82, 2.24) is 9.80 Å². The Labute approximate surface area is 166 Å². The van der Waals surface area contributed by atoms with E-state index in [2.05, 4.69) is 4.40 Å². The highest BCUT2D eigenvalue weighted by atomic mass is 32.2. The van der Waals surface area contributed by atoms with Gasteiger partial charge >= 0.3 is 5.97 Å². The van der Waals surface area contributed by atoms with Crippen molar-refractivity contribution >= 4 is 39.1 Å². The highest BCUT2D eigenvalue weighted by molar-refractivity contribution is 7.90. The van der Waals surface area contributed by atoms with Gasteiger partial charge in [-0.2, -0.15) is 0 Å². The van der Waals surface area contributed by atoms with Crippen LogP contribution in [-0.4, -0.2) is 61.4 Å². The van der Waals surface area contributed by atoms with Gasteiger partial charge in [0, 0.05) is 24.2 Å². The van der Waals surface area contributed by atoms with Gasteiger partial charge in [-0.25, -0.2) is 13.2 Å². The summed E-state index contributed by atoms with van der Waals surface area (Å²) in [6.45, 7) is 0.558. The van der Waals surface area contributed by atoms with E-state index in [9.17, 15) is 18.0 Å². The van der Waals surface area contributed by atoms with Crippen molar-refractivity contribution < 1.29 is 22.7 Å². The third-order valence-corrected chi connectivity index (χ3v) is 6.97. The van der Waals surface area contributed by atoms with E-state index in [-0.39, 0.29) is 42.3 Å². The van der Waals surface area contributed by atoms with Crippen LogP contribution in [0.3, 0.4) is 0 Å². The number of rotatable bonds is 4. The molecule has 10 heteroatoms. The van der Waals surface area contributed by atoms with E-state index in [0.717, 1.165) is 17.7 Å². The van der Waals surface area contributed by atoms with Crippen LogP contribution in [0.15, 0.2) is 45.8 Å². The molecule has 1 aromatic heterocycles. The van der Waals surface area contributed by atoms with Gasteiger partial charge in [-0.1, -0.05) is 6.07 Å². The van der Waals surface area contributed by atoms with Crippen LogP contribution in [-0.2, 0) is 24.3 Å². The van der Waals surface area contributed by atoms with E-state index < -0.39 is 16.0 Å². The van der Waals surface area contributed by atoms with Crippen molar-refractivity contribution in [3.63, 3.8) is 0 Å². The lowest BCUT2D eigenvalue weighted by Gasteiger charge is -2.27. The number of esters is 1. The van der Waals surface area contributed by atoms with Crippen LogP contribution in [0.2, 0.25) is 0 Å². The number of carbonyl (C=O) groups is 2. The minimum Gasteiger partial charge on any atom is -0.452 e. The number of thiophene rings is 1. The summed E-state index contributed by atoms with van der Waals surface area (Å²) in [5, 5.41) is 1.99. The van der Waals surface area contributed by atoms with Crippen molar-refractivity contribution in [2.24, 2.45) is 4.40 Å². The molecule has 4 heterocycles. The summed E-state index contributed by atoms with van der Waals surface area (Å²) in [6, 6.07) is 4.03. The number of amides is 1. The van der Waals surface area contributed by atoms with Gasteiger partial charge in [-0.3, -0.25) is 4.79 Å². The normalized spacial score (nSPS) is 23.1. The van der Waals surface area contributed by atoms with Crippen LogP contribution in [0, 0.1) is 0 Å². The minimum absolute atomic E-state index is 0.0501. The molecule has 148 valence electrons. The van der Waals surface area contributed by atoms with E-state index >= 15 is 0 Å². The molecule has 1 atom stereocenters. The van der Waals surface area contributed by atoms with Crippen molar-refractivity contribution in [3.05, 3.63) is 46.3 Å². The van der Waals surface area contributed by atoms with Crippen molar-refractivity contribution in [3.8, 4) is 0 Å². The molecule has 4 rings (SSSR count). The van der Waals surface area contributed by atoms with Crippen molar-refractivity contribution in [2.75, 3.05) is 25.4 Å². The van der Waals surface area contributed by atoms with Gasteiger partial charge in [0.1, 0.15) is 5.84 Å². The monoisotopic (exact) mass is 421 g/mol. The molecule has 1 saturated heterocycles. The molecular formula is C18H19N3O5S2. The molecule has 1 aromatic rings. The Morgan fingerprint density at radius 1 is 1.29 bits per heavy atom. The second kappa shape index (κ2) is 7.51. The third-order valence-electron chi connectivity index (χ3n) is 4.83. The molecular weight excluding hydrogens is 402 g/mol. The maximum atomic E-state index is 12.6. The molecule has 8 nitrogen and oxygen atoms in total. The van der Waals surface area contributed by atoms with Gasteiger partial charge in [0.25, 0.3) is 15.9 Å². The number of amidine groups is 1. The fourth-order valence-electron chi connectivity index (χ4n) is 3.46. The number of fused-ring (bicyclic) bond motifs is 1. The second-order valence-corrected chi connectivity index (χ2v) is 9.42. The Balaban J connectivity index is 1.37. The molecule has 0 N–H and O–H groups in total. The maximum Gasteiger partial charge on any atom is 0.340 e. The average molecular weight is 422 g/mol. The fourth-order valence-corrected chi connectivity index (χ4v) is 5.30. The predicted molar refractivity (Wildman–Crippen MR) is 104 cm³/mol. The Morgan fingerprint density at radius 3 is 2.93 bits per heavy atom. The lowest BCUT2D eigenvalue weighted by Crippen LogP contribution is -2.37. The maximum absolute atomic E-state index is 12.6. The molecule has 0 bridgehead atoms. The molecule has 3 aliphatic heterocycles. The van der Waals surface area contributed by atoms with Crippen LogP contribution in [0.1, 0.15) is 23.8 Å². The molecule has 1 amide bonds. The summed E-state index contributed by atoms with van der Waals surface area (Å²) >= 11 is 1.62. The zero-order chi connectivity index (χ0) is 19.7. The standard InChI is InChI=1S/C18H19N3O5S2/c22-17(21-7-1-3-14(21)15-4-2-9-27-15)12-26-18(23)13-5-6-16-19-28(24,25)10-8-20(16)11-13/h2,4-6,9,11,14H,1,3,7-8,10,12H2. The number of carbonyl (C=O) groups excluding carboxylic acids is 2. The Kier molecular flexibility index (Phi) is 5.07. The highest BCUT2D eigenvalue weighted by Gasteiger charge is 2.31. The van der Waals surface area contributed by atoms with Gasteiger partial charge in [0.2, 0.25) is 0 Å². The number of hydrogen-bond donors (Lipinski definition) is 0. The first-order valence-corrected chi connectivity index (χ1v) is 11.4. The SMILES string of the molecule is O=C(OCC(=O)N1CCCC1c1cccs1)C1=CN2CCS(=O)(=O)N=C2C=C1. The van der Waals surface area contributed by atoms with E-state index in [4.69, 9.17) is 4.74 Å². The number of hydrogen-bond acceptors (Lipinski definition) is 7. The lowest BCUT2D eigenvalue weighted by atomic mass is 10.2. The summed E-state index contributed by atoms with van der Waals surface area (Å²) in [7, 11) is -3.45. The lowest BCUT2D eigenvalue weighted by molar-refractivity contribution is -0.149.